The molecule has 1 fully saturated rings. The predicted molar refractivity (Wildman–Crippen MR) is 60.2 cm³/mol. The van der Waals surface area contributed by atoms with Crippen molar-refractivity contribution in [2.45, 2.75) is 25.3 Å². The van der Waals surface area contributed by atoms with Crippen molar-refractivity contribution < 1.29 is 9.59 Å². The summed E-state index contributed by atoms with van der Waals surface area (Å²) in [5.74, 6) is 1.85. The Hall–Kier alpha value is -1.54. The van der Waals surface area contributed by atoms with Gasteiger partial charge in [0.25, 0.3) is 0 Å². The number of rotatable bonds is 4. The Morgan fingerprint density at radius 1 is 1.50 bits per heavy atom. The van der Waals surface area contributed by atoms with E-state index in [-0.39, 0.29) is 12.5 Å². The largest absolute Gasteiger partial charge is 0.368 e. The quantitative estimate of drug-likeness (QED) is 0.478. The molecule has 0 saturated carbocycles. The summed E-state index contributed by atoms with van der Waals surface area (Å²) < 4.78 is 0. The number of hydrogen-bond donors (Lipinski definition) is 2. The van der Waals surface area contributed by atoms with Gasteiger partial charge in [-0.2, -0.15) is 0 Å². The van der Waals surface area contributed by atoms with Gasteiger partial charge in [0.15, 0.2) is 0 Å². The molecule has 0 radical (unpaired) electrons. The minimum Gasteiger partial charge on any atom is -0.368 e. The molecule has 5 heteroatoms. The normalized spacial score (nSPS) is 20.2. The number of amides is 2. The topological polar surface area (TPSA) is 75.4 Å². The molecule has 1 aliphatic heterocycles. The average Bonchev–Trinajstić information content (AvgIpc) is 2.29. The summed E-state index contributed by atoms with van der Waals surface area (Å²) in [6.07, 6.45) is 7.58. The predicted octanol–water partition coefficient (Wildman–Crippen LogP) is -0.924. The van der Waals surface area contributed by atoms with Crippen molar-refractivity contribution in [2.24, 2.45) is 5.73 Å². The maximum absolute atomic E-state index is 11.8. The lowest BCUT2D eigenvalue weighted by atomic mass is 10.0. The van der Waals surface area contributed by atoms with Crippen molar-refractivity contribution in [2.75, 3.05) is 19.6 Å². The molecule has 0 aromatic heterocycles. The van der Waals surface area contributed by atoms with E-state index in [1.54, 1.807) is 4.90 Å². The fraction of sp³-hybridized carbons (Fsp3) is 0.636. The van der Waals surface area contributed by atoms with E-state index in [9.17, 15) is 9.59 Å². The van der Waals surface area contributed by atoms with E-state index in [1.807, 2.05) is 0 Å². The number of nitrogens with two attached hydrogens (primary N) is 1. The Labute approximate surface area is 95.4 Å². The average molecular weight is 223 g/mol. The van der Waals surface area contributed by atoms with E-state index in [1.165, 1.54) is 0 Å². The van der Waals surface area contributed by atoms with Crippen molar-refractivity contribution in [1.29, 1.82) is 0 Å². The molecule has 0 spiro atoms. The first-order chi connectivity index (χ1) is 7.66. The van der Waals surface area contributed by atoms with Crippen LogP contribution in [0.2, 0.25) is 0 Å². The summed E-state index contributed by atoms with van der Waals surface area (Å²) in [4.78, 5) is 24.5. The summed E-state index contributed by atoms with van der Waals surface area (Å²) in [7, 11) is 0. The zero-order valence-corrected chi connectivity index (χ0v) is 9.24. The minimum atomic E-state index is -0.450. The first-order valence-corrected chi connectivity index (χ1v) is 5.39. The molecule has 3 N–H and O–H groups in total. The number of piperidine rings is 1. The molecule has 1 rings (SSSR count). The van der Waals surface area contributed by atoms with Crippen LogP contribution in [0.5, 0.6) is 0 Å². The van der Waals surface area contributed by atoms with Crippen LogP contribution in [0, 0.1) is 12.3 Å². The third kappa shape index (κ3) is 3.24. The summed E-state index contributed by atoms with van der Waals surface area (Å²) in [5, 5.41) is 2.81. The van der Waals surface area contributed by atoms with Crippen LogP contribution < -0.4 is 11.1 Å². The maximum atomic E-state index is 11.8. The second-order valence-electron chi connectivity index (χ2n) is 3.81. The lowest BCUT2D eigenvalue weighted by Gasteiger charge is -2.33. The first kappa shape index (κ1) is 12.5. The summed E-state index contributed by atoms with van der Waals surface area (Å²) in [6, 6.07) is -0.450. The Morgan fingerprint density at radius 3 is 2.88 bits per heavy atom. The van der Waals surface area contributed by atoms with Gasteiger partial charge in [0.1, 0.15) is 6.04 Å². The number of likely N-dealkylation sites (tertiary alicyclic amines) is 1. The van der Waals surface area contributed by atoms with Crippen LogP contribution in [0.15, 0.2) is 0 Å². The van der Waals surface area contributed by atoms with E-state index < -0.39 is 11.9 Å². The van der Waals surface area contributed by atoms with Crippen LogP contribution in [0.1, 0.15) is 19.3 Å². The van der Waals surface area contributed by atoms with Crippen LogP contribution in [-0.2, 0) is 9.59 Å². The van der Waals surface area contributed by atoms with Crippen LogP contribution in [-0.4, -0.2) is 42.4 Å². The fourth-order valence-electron chi connectivity index (χ4n) is 1.87. The molecule has 1 atom stereocenters. The van der Waals surface area contributed by atoms with Gasteiger partial charge in [0.2, 0.25) is 11.8 Å². The molecule has 1 aliphatic rings. The molecular formula is C11H17N3O2. The van der Waals surface area contributed by atoms with Gasteiger partial charge in [0.05, 0.1) is 13.1 Å². The molecule has 16 heavy (non-hydrogen) atoms. The van der Waals surface area contributed by atoms with Gasteiger partial charge in [-0.15, -0.1) is 6.42 Å². The molecule has 0 bridgehead atoms. The Bertz CT molecular complexity index is 309. The molecule has 1 saturated heterocycles. The van der Waals surface area contributed by atoms with Crippen molar-refractivity contribution in [3.63, 3.8) is 0 Å². The third-order valence-electron chi connectivity index (χ3n) is 2.65. The van der Waals surface area contributed by atoms with E-state index in [0.29, 0.717) is 19.5 Å². The van der Waals surface area contributed by atoms with Gasteiger partial charge < -0.3 is 10.6 Å². The van der Waals surface area contributed by atoms with Crippen molar-refractivity contribution in [3.8, 4) is 12.3 Å². The number of terminal acetylenes is 1. The van der Waals surface area contributed by atoms with E-state index in [2.05, 4.69) is 11.2 Å². The van der Waals surface area contributed by atoms with E-state index in [4.69, 9.17) is 12.2 Å². The zero-order valence-electron chi connectivity index (χ0n) is 9.24. The summed E-state index contributed by atoms with van der Waals surface area (Å²) >= 11 is 0. The highest BCUT2D eigenvalue weighted by molar-refractivity contribution is 5.87. The summed E-state index contributed by atoms with van der Waals surface area (Å²) in [5.41, 5.74) is 5.26. The van der Waals surface area contributed by atoms with E-state index >= 15 is 0 Å². The highest BCUT2D eigenvalue weighted by Gasteiger charge is 2.29. The Morgan fingerprint density at radius 2 is 2.25 bits per heavy atom. The third-order valence-corrected chi connectivity index (χ3v) is 2.65. The summed E-state index contributed by atoms with van der Waals surface area (Å²) in [6.45, 7) is 1.11. The monoisotopic (exact) mass is 223 g/mol. The van der Waals surface area contributed by atoms with Crippen LogP contribution >= 0.6 is 0 Å². The van der Waals surface area contributed by atoms with Gasteiger partial charge in [-0.1, -0.05) is 5.92 Å². The zero-order chi connectivity index (χ0) is 12.0. The Balaban J connectivity index is 2.51. The number of nitrogens with one attached hydrogen (secondary N) is 1. The van der Waals surface area contributed by atoms with Gasteiger partial charge in [-0.05, 0) is 19.3 Å². The number of carbonyl (C=O) groups is 2. The van der Waals surface area contributed by atoms with E-state index in [0.717, 1.165) is 12.8 Å². The smallest absolute Gasteiger partial charge is 0.240 e. The molecule has 0 aromatic rings. The Kier molecular flexibility index (Phi) is 4.80. The first-order valence-electron chi connectivity index (χ1n) is 5.39. The number of primary amides is 1. The van der Waals surface area contributed by atoms with Crippen LogP contribution in [0.4, 0.5) is 0 Å². The van der Waals surface area contributed by atoms with Gasteiger partial charge in [-0.3, -0.25) is 14.9 Å². The number of nitrogens with zero attached hydrogens (tertiary/aromatic N) is 1. The molecule has 2 amide bonds. The fourth-order valence-corrected chi connectivity index (χ4v) is 1.87. The van der Waals surface area contributed by atoms with Crippen molar-refractivity contribution in [1.82, 2.24) is 10.2 Å². The van der Waals surface area contributed by atoms with Gasteiger partial charge in [-0.25, -0.2) is 0 Å². The lowest BCUT2D eigenvalue weighted by molar-refractivity contribution is -0.140. The van der Waals surface area contributed by atoms with Gasteiger partial charge in [0, 0.05) is 6.54 Å². The highest BCUT2D eigenvalue weighted by atomic mass is 16.2. The second-order valence-corrected chi connectivity index (χ2v) is 3.81. The minimum absolute atomic E-state index is 0.112. The lowest BCUT2D eigenvalue weighted by Crippen LogP contribution is -2.52. The molecule has 0 aromatic carbocycles. The molecule has 0 aliphatic carbocycles. The number of carbonyl (C=O) groups excluding carboxylic acids is 2. The molecule has 1 heterocycles. The molecule has 88 valence electrons. The van der Waals surface area contributed by atoms with Crippen LogP contribution in [0.3, 0.4) is 0 Å². The highest BCUT2D eigenvalue weighted by Crippen LogP contribution is 2.16. The number of hydrogen-bond acceptors (Lipinski definition) is 3. The van der Waals surface area contributed by atoms with Crippen molar-refractivity contribution in [3.05, 3.63) is 0 Å². The van der Waals surface area contributed by atoms with Crippen molar-refractivity contribution >= 4 is 11.8 Å². The molecular weight excluding hydrogens is 206 g/mol. The van der Waals surface area contributed by atoms with Crippen LogP contribution in [0.25, 0.3) is 0 Å². The van der Waals surface area contributed by atoms with Gasteiger partial charge >= 0.3 is 0 Å². The molecule has 5 nitrogen and oxygen atoms in total. The maximum Gasteiger partial charge on any atom is 0.240 e. The SMILES string of the molecule is C#CCNCC(=O)N1CCCCC1C(N)=O. The second kappa shape index (κ2) is 6.13. The molecule has 1 unspecified atom stereocenters. The standard InChI is InChI=1S/C11H17N3O2/c1-2-6-13-8-10(15)14-7-4-3-5-9(14)11(12)16/h1,9,13H,3-8H2,(H2,12,16).